The van der Waals surface area contributed by atoms with E-state index in [2.05, 4.69) is 10.0 Å². The second-order valence-corrected chi connectivity index (χ2v) is 7.40. The first-order valence-corrected chi connectivity index (χ1v) is 9.37. The van der Waals surface area contributed by atoms with Gasteiger partial charge in [-0.05, 0) is 55.8 Å². The van der Waals surface area contributed by atoms with Crippen LogP contribution >= 0.6 is 0 Å². The molecule has 0 bridgehead atoms. The predicted octanol–water partition coefficient (Wildman–Crippen LogP) is 2.32. The van der Waals surface area contributed by atoms with Crippen molar-refractivity contribution in [1.82, 2.24) is 4.72 Å². The first-order chi connectivity index (χ1) is 12.3. The number of carbonyl (C=O) groups excluding carboxylic acids is 1. The Kier molecular flexibility index (Phi) is 6.23. The van der Waals surface area contributed by atoms with Crippen molar-refractivity contribution in [3.63, 3.8) is 0 Å². The maximum atomic E-state index is 12.6. The van der Waals surface area contributed by atoms with Crippen molar-refractivity contribution in [1.29, 1.82) is 0 Å². The molecule has 1 amide bonds. The molecule has 0 aliphatic carbocycles. The van der Waals surface area contributed by atoms with Gasteiger partial charge in [-0.3, -0.25) is 4.79 Å². The fraction of sp³-hybridized carbons (Fsp3) is 0.278. The largest absolute Gasteiger partial charge is 0.497 e. The van der Waals surface area contributed by atoms with Crippen molar-refractivity contribution in [2.75, 3.05) is 19.5 Å². The summed E-state index contributed by atoms with van der Waals surface area (Å²) < 4.78 is 37.8. The lowest BCUT2D eigenvalue weighted by molar-refractivity contribution is -0.117. The molecule has 0 spiro atoms. The van der Waals surface area contributed by atoms with Crippen LogP contribution in [0.2, 0.25) is 0 Å². The number of benzene rings is 2. The molecule has 7 nitrogen and oxygen atoms in total. The van der Waals surface area contributed by atoms with Gasteiger partial charge in [-0.2, -0.15) is 4.72 Å². The summed E-state index contributed by atoms with van der Waals surface area (Å²) in [5, 5.41) is 2.65. The standard InChI is InChI=1S/C18H22N2O5S/c1-12-5-10-16(25-4)17(11-12)26(22,23)20-13(2)18(21)19-14-6-8-15(24-3)9-7-14/h5-11,13,20H,1-4H3,(H,19,21)/t13-/m1/s1. The summed E-state index contributed by atoms with van der Waals surface area (Å²) in [6, 6.07) is 10.6. The van der Waals surface area contributed by atoms with Crippen LogP contribution in [0.15, 0.2) is 47.4 Å². The number of nitrogens with one attached hydrogen (secondary N) is 2. The Morgan fingerprint density at radius 2 is 1.69 bits per heavy atom. The van der Waals surface area contributed by atoms with Crippen LogP contribution in [0.25, 0.3) is 0 Å². The van der Waals surface area contributed by atoms with Crippen LogP contribution in [0, 0.1) is 6.92 Å². The molecule has 0 saturated heterocycles. The monoisotopic (exact) mass is 378 g/mol. The minimum atomic E-state index is -3.93. The van der Waals surface area contributed by atoms with Gasteiger partial charge >= 0.3 is 0 Å². The van der Waals surface area contributed by atoms with Crippen molar-refractivity contribution < 1.29 is 22.7 Å². The Balaban J connectivity index is 2.13. The number of aryl methyl sites for hydroxylation is 1. The van der Waals surface area contributed by atoms with Crippen LogP contribution < -0.4 is 19.5 Å². The van der Waals surface area contributed by atoms with Gasteiger partial charge in [-0.25, -0.2) is 8.42 Å². The summed E-state index contributed by atoms with van der Waals surface area (Å²) in [7, 11) is -0.991. The topological polar surface area (TPSA) is 93.7 Å². The second-order valence-electron chi connectivity index (χ2n) is 5.72. The normalized spacial score (nSPS) is 12.3. The Morgan fingerprint density at radius 3 is 2.27 bits per heavy atom. The third kappa shape index (κ3) is 4.74. The van der Waals surface area contributed by atoms with E-state index in [1.54, 1.807) is 50.4 Å². The minimum absolute atomic E-state index is 0.0101. The highest BCUT2D eigenvalue weighted by Crippen LogP contribution is 2.25. The van der Waals surface area contributed by atoms with Gasteiger partial charge in [0.2, 0.25) is 15.9 Å². The van der Waals surface area contributed by atoms with E-state index in [4.69, 9.17) is 9.47 Å². The highest BCUT2D eigenvalue weighted by Gasteiger charge is 2.25. The summed E-state index contributed by atoms with van der Waals surface area (Å²) in [5.41, 5.74) is 1.30. The lowest BCUT2D eigenvalue weighted by Crippen LogP contribution is -2.41. The molecule has 0 aromatic heterocycles. The van der Waals surface area contributed by atoms with Gasteiger partial charge < -0.3 is 14.8 Å². The van der Waals surface area contributed by atoms with Crippen LogP contribution in [0.5, 0.6) is 11.5 Å². The summed E-state index contributed by atoms with van der Waals surface area (Å²) >= 11 is 0. The molecule has 26 heavy (non-hydrogen) atoms. The van der Waals surface area contributed by atoms with Gasteiger partial charge in [-0.15, -0.1) is 0 Å². The Bertz CT molecular complexity index is 879. The van der Waals surface area contributed by atoms with Gasteiger partial charge in [0.05, 0.1) is 20.3 Å². The molecule has 0 saturated carbocycles. The number of hydrogen-bond donors (Lipinski definition) is 2. The molecule has 0 fully saturated rings. The number of amides is 1. The molecule has 0 radical (unpaired) electrons. The number of methoxy groups -OCH3 is 2. The van der Waals surface area contributed by atoms with Crippen molar-refractivity contribution in [3.05, 3.63) is 48.0 Å². The van der Waals surface area contributed by atoms with Crippen LogP contribution in [0.4, 0.5) is 5.69 Å². The van der Waals surface area contributed by atoms with E-state index >= 15 is 0 Å². The lowest BCUT2D eigenvalue weighted by atomic mass is 10.2. The summed E-state index contributed by atoms with van der Waals surface area (Å²) in [5.74, 6) is 0.388. The van der Waals surface area contributed by atoms with Gasteiger partial charge in [-0.1, -0.05) is 6.07 Å². The lowest BCUT2D eigenvalue weighted by Gasteiger charge is -2.16. The van der Waals surface area contributed by atoms with Crippen LogP contribution in [-0.2, 0) is 14.8 Å². The van der Waals surface area contributed by atoms with Crippen molar-refractivity contribution in [2.24, 2.45) is 0 Å². The zero-order chi connectivity index (χ0) is 19.3. The number of anilines is 1. The Hall–Kier alpha value is -2.58. The summed E-state index contributed by atoms with van der Waals surface area (Å²) in [6.45, 7) is 3.25. The van der Waals surface area contributed by atoms with Crippen molar-refractivity contribution in [3.8, 4) is 11.5 Å². The Labute approximate surface area is 153 Å². The first-order valence-electron chi connectivity index (χ1n) is 7.88. The molecule has 0 aliphatic heterocycles. The molecular formula is C18H22N2O5S. The summed E-state index contributed by atoms with van der Waals surface area (Å²) in [6.07, 6.45) is 0. The van der Waals surface area contributed by atoms with E-state index in [0.29, 0.717) is 11.4 Å². The molecule has 0 unspecified atom stereocenters. The zero-order valence-corrected chi connectivity index (χ0v) is 15.9. The number of sulfonamides is 1. The second kappa shape index (κ2) is 8.20. The Morgan fingerprint density at radius 1 is 1.04 bits per heavy atom. The molecule has 0 heterocycles. The van der Waals surface area contributed by atoms with E-state index in [9.17, 15) is 13.2 Å². The van der Waals surface area contributed by atoms with Gasteiger partial charge in [0.1, 0.15) is 16.4 Å². The van der Waals surface area contributed by atoms with Crippen LogP contribution in [-0.4, -0.2) is 34.6 Å². The fourth-order valence-corrected chi connectivity index (χ4v) is 3.73. The highest BCUT2D eigenvalue weighted by molar-refractivity contribution is 7.89. The average molecular weight is 378 g/mol. The van der Waals surface area contributed by atoms with Gasteiger partial charge in [0, 0.05) is 5.69 Å². The highest BCUT2D eigenvalue weighted by atomic mass is 32.2. The summed E-state index contributed by atoms with van der Waals surface area (Å²) in [4.78, 5) is 12.3. The number of carbonyl (C=O) groups is 1. The molecular weight excluding hydrogens is 356 g/mol. The third-order valence-corrected chi connectivity index (χ3v) is 5.25. The number of ether oxygens (including phenoxy) is 2. The maximum absolute atomic E-state index is 12.6. The third-order valence-electron chi connectivity index (χ3n) is 3.69. The van der Waals surface area contributed by atoms with E-state index < -0.39 is 22.0 Å². The molecule has 2 N–H and O–H groups in total. The van der Waals surface area contributed by atoms with Gasteiger partial charge in [0.25, 0.3) is 0 Å². The maximum Gasteiger partial charge on any atom is 0.244 e. The molecule has 140 valence electrons. The molecule has 8 heteroatoms. The van der Waals surface area contributed by atoms with E-state index in [-0.39, 0.29) is 10.6 Å². The molecule has 0 aliphatic rings. The molecule has 2 aromatic rings. The zero-order valence-electron chi connectivity index (χ0n) is 15.1. The van der Waals surface area contributed by atoms with Crippen LogP contribution in [0.3, 0.4) is 0 Å². The molecule has 2 aromatic carbocycles. The SMILES string of the molecule is COc1ccc(NC(=O)[C@@H](C)NS(=O)(=O)c2cc(C)ccc2OC)cc1. The fourth-order valence-electron chi connectivity index (χ4n) is 2.27. The molecule has 2 rings (SSSR count). The minimum Gasteiger partial charge on any atom is -0.497 e. The van der Waals surface area contributed by atoms with E-state index in [1.165, 1.54) is 20.1 Å². The number of hydrogen-bond acceptors (Lipinski definition) is 5. The van der Waals surface area contributed by atoms with Crippen molar-refractivity contribution in [2.45, 2.75) is 24.8 Å². The van der Waals surface area contributed by atoms with Crippen LogP contribution in [0.1, 0.15) is 12.5 Å². The van der Waals surface area contributed by atoms with Crippen molar-refractivity contribution >= 4 is 21.6 Å². The first kappa shape index (κ1) is 19.7. The smallest absolute Gasteiger partial charge is 0.244 e. The predicted molar refractivity (Wildman–Crippen MR) is 99.1 cm³/mol. The van der Waals surface area contributed by atoms with E-state index in [0.717, 1.165) is 5.56 Å². The molecule has 1 atom stereocenters. The van der Waals surface area contributed by atoms with Gasteiger partial charge in [0.15, 0.2) is 0 Å². The number of rotatable bonds is 7. The van der Waals surface area contributed by atoms with E-state index in [1.807, 2.05) is 0 Å². The average Bonchev–Trinajstić information content (AvgIpc) is 2.62. The quantitative estimate of drug-likeness (QED) is 0.771.